The van der Waals surface area contributed by atoms with Crippen LogP contribution in [0.15, 0.2) is 42.6 Å². The van der Waals surface area contributed by atoms with Crippen molar-refractivity contribution in [2.75, 3.05) is 46.6 Å². The summed E-state index contributed by atoms with van der Waals surface area (Å²) in [7, 11) is 1.59. The number of amides is 2. The number of benzene rings is 1. The molecule has 1 atom stereocenters. The van der Waals surface area contributed by atoms with Crippen LogP contribution in [0.4, 0.5) is 0 Å². The monoisotopic (exact) mass is 507 g/mol. The van der Waals surface area contributed by atoms with Crippen molar-refractivity contribution in [1.82, 2.24) is 14.8 Å². The average Bonchev–Trinajstić information content (AvgIpc) is 3.42. The van der Waals surface area contributed by atoms with Crippen LogP contribution in [0.25, 0.3) is 0 Å². The molecule has 1 aromatic carbocycles. The van der Waals surface area contributed by atoms with Gasteiger partial charge in [-0.1, -0.05) is 18.6 Å². The summed E-state index contributed by atoms with van der Waals surface area (Å²) in [6.45, 7) is 3.88. The Labute approximate surface area is 218 Å². The molecule has 0 unspecified atom stereocenters. The van der Waals surface area contributed by atoms with Crippen molar-refractivity contribution in [2.45, 2.75) is 51.0 Å². The highest BCUT2D eigenvalue weighted by atomic mass is 16.5. The number of para-hydroxylation sites is 1. The molecule has 3 aliphatic rings. The summed E-state index contributed by atoms with van der Waals surface area (Å²) in [6.07, 6.45) is 8.31. The lowest BCUT2D eigenvalue weighted by atomic mass is 9.75. The Kier molecular flexibility index (Phi) is 7.93. The first kappa shape index (κ1) is 25.5. The fourth-order valence-corrected chi connectivity index (χ4v) is 5.82. The van der Waals surface area contributed by atoms with Gasteiger partial charge in [0.1, 0.15) is 17.2 Å². The van der Waals surface area contributed by atoms with Gasteiger partial charge < -0.3 is 24.0 Å². The molecule has 8 nitrogen and oxygen atoms in total. The molecular formula is C29H37N3O5. The van der Waals surface area contributed by atoms with E-state index in [0.29, 0.717) is 55.7 Å². The molecule has 2 amide bonds. The van der Waals surface area contributed by atoms with Gasteiger partial charge in [-0.15, -0.1) is 0 Å². The lowest BCUT2D eigenvalue weighted by molar-refractivity contribution is 0.0300. The number of nitrogens with zero attached hydrogens (tertiary/aromatic N) is 3. The van der Waals surface area contributed by atoms with Gasteiger partial charge >= 0.3 is 0 Å². The standard InChI is InChI=1S/C29H37N3O5/c1-35-23-10-14-30-25(19-23)28(34)31-16-12-29(13-17-31)11-4-5-18-36-20-22-7-6-15-32(22)27(33)24-8-2-3-9-26(24)37-21-29/h2-3,8-10,14,19,22H,4-7,11-13,15-18,20-21H2,1H3/t22-/m0/s1. The predicted octanol–water partition coefficient (Wildman–Crippen LogP) is 4.20. The molecule has 8 heteroatoms. The van der Waals surface area contributed by atoms with Gasteiger partial charge in [-0.05, 0) is 56.7 Å². The van der Waals surface area contributed by atoms with E-state index in [1.165, 1.54) is 0 Å². The number of aromatic nitrogens is 1. The third kappa shape index (κ3) is 5.74. The molecular weight excluding hydrogens is 470 g/mol. The molecule has 1 spiro atoms. The van der Waals surface area contributed by atoms with Gasteiger partial charge in [-0.2, -0.15) is 0 Å². The zero-order valence-corrected chi connectivity index (χ0v) is 21.7. The summed E-state index contributed by atoms with van der Waals surface area (Å²) in [6, 6.07) is 11.2. The molecule has 5 rings (SSSR count). The fourth-order valence-electron chi connectivity index (χ4n) is 5.82. The summed E-state index contributed by atoms with van der Waals surface area (Å²) in [5.41, 5.74) is 0.968. The third-order valence-electron chi connectivity index (χ3n) is 8.14. The Bertz CT molecular complexity index is 1100. The first-order valence-electron chi connectivity index (χ1n) is 13.5. The minimum atomic E-state index is -0.0694. The van der Waals surface area contributed by atoms with E-state index in [4.69, 9.17) is 14.2 Å². The predicted molar refractivity (Wildman–Crippen MR) is 139 cm³/mol. The zero-order valence-electron chi connectivity index (χ0n) is 21.7. The van der Waals surface area contributed by atoms with Gasteiger partial charge in [-0.25, -0.2) is 0 Å². The van der Waals surface area contributed by atoms with Crippen LogP contribution in [0.2, 0.25) is 0 Å². The highest BCUT2D eigenvalue weighted by Crippen LogP contribution is 2.38. The Hall–Kier alpha value is -3.13. The van der Waals surface area contributed by atoms with E-state index >= 15 is 0 Å². The molecule has 37 heavy (non-hydrogen) atoms. The second kappa shape index (κ2) is 11.5. The average molecular weight is 508 g/mol. The smallest absolute Gasteiger partial charge is 0.272 e. The number of fused-ring (bicyclic) bond motifs is 2. The second-order valence-corrected chi connectivity index (χ2v) is 10.5. The Morgan fingerprint density at radius 3 is 2.76 bits per heavy atom. The highest BCUT2D eigenvalue weighted by molar-refractivity contribution is 5.97. The summed E-state index contributed by atoms with van der Waals surface area (Å²) in [5.74, 6) is 1.23. The number of methoxy groups -OCH3 is 1. The van der Waals surface area contributed by atoms with Crippen molar-refractivity contribution < 1.29 is 23.8 Å². The zero-order chi connectivity index (χ0) is 25.7. The summed E-state index contributed by atoms with van der Waals surface area (Å²) >= 11 is 0. The largest absolute Gasteiger partial charge is 0.497 e. The maximum atomic E-state index is 13.5. The van der Waals surface area contributed by atoms with Gasteiger partial charge in [0.2, 0.25) is 0 Å². The van der Waals surface area contributed by atoms with E-state index < -0.39 is 0 Å². The minimum absolute atomic E-state index is 0.0269. The summed E-state index contributed by atoms with van der Waals surface area (Å²) < 4.78 is 17.7. The molecule has 3 aliphatic heterocycles. The van der Waals surface area contributed by atoms with E-state index in [-0.39, 0.29) is 23.3 Å². The SMILES string of the molecule is COc1ccnc(C(=O)N2CCC3(CCCCOC[C@@H]4CCCN4C(=O)c4ccccc4OC3)CC2)c1. The van der Waals surface area contributed by atoms with Crippen LogP contribution in [-0.2, 0) is 4.74 Å². The number of carbonyl (C=O) groups excluding carboxylic acids is 2. The molecule has 0 aliphatic carbocycles. The molecule has 0 saturated carbocycles. The Morgan fingerprint density at radius 1 is 1.08 bits per heavy atom. The van der Waals surface area contributed by atoms with Crippen LogP contribution < -0.4 is 9.47 Å². The molecule has 2 aromatic rings. The van der Waals surface area contributed by atoms with Crippen molar-refractivity contribution in [3.63, 3.8) is 0 Å². The summed E-state index contributed by atoms with van der Waals surface area (Å²) in [4.78, 5) is 34.7. The minimum Gasteiger partial charge on any atom is -0.497 e. The molecule has 0 bridgehead atoms. The van der Waals surface area contributed by atoms with E-state index in [2.05, 4.69) is 4.98 Å². The van der Waals surface area contributed by atoms with Crippen molar-refractivity contribution >= 4 is 11.8 Å². The van der Waals surface area contributed by atoms with Crippen LogP contribution in [0, 0.1) is 5.41 Å². The number of piperidine rings is 1. The first-order valence-corrected chi connectivity index (χ1v) is 13.5. The van der Waals surface area contributed by atoms with E-state index in [9.17, 15) is 9.59 Å². The van der Waals surface area contributed by atoms with Crippen LogP contribution in [0.1, 0.15) is 65.8 Å². The Balaban J connectivity index is 1.31. The topological polar surface area (TPSA) is 81.2 Å². The number of pyridine rings is 1. The van der Waals surface area contributed by atoms with Crippen molar-refractivity contribution in [3.05, 3.63) is 53.9 Å². The second-order valence-electron chi connectivity index (χ2n) is 10.5. The quantitative estimate of drug-likeness (QED) is 0.606. The molecule has 0 radical (unpaired) electrons. The van der Waals surface area contributed by atoms with Crippen LogP contribution in [0.3, 0.4) is 0 Å². The maximum Gasteiger partial charge on any atom is 0.272 e. The van der Waals surface area contributed by atoms with E-state index in [1.807, 2.05) is 34.1 Å². The first-order chi connectivity index (χ1) is 18.1. The third-order valence-corrected chi connectivity index (χ3v) is 8.14. The van der Waals surface area contributed by atoms with Gasteiger partial charge in [0.05, 0.1) is 31.9 Å². The summed E-state index contributed by atoms with van der Waals surface area (Å²) in [5, 5.41) is 0. The molecule has 0 N–H and O–H groups in total. The van der Waals surface area contributed by atoms with Crippen molar-refractivity contribution in [2.24, 2.45) is 5.41 Å². The van der Waals surface area contributed by atoms with Gasteiger partial charge in [-0.3, -0.25) is 14.6 Å². The maximum absolute atomic E-state index is 13.5. The van der Waals surface area contributed by atoms with Crippen molar-refractivity contribution in [1.29, 1.82) is 0 Å². The number of ether oxygens (including phenoxy) is 3. The molecule has 1 aromatic heterocycles. The molecule has 2 fully saturated rings. The van der Waals surface area contributed by atoms with Gasteiger partial charge in [0.25, 0.3) is 11.8 Å². The van der Waals surface area contributed by atoms with E-state index in [1.54, 1.807) is 25.4 Å². The number of likely N-dealkylation sites (tertiary alicyclic amines) is 1. The molecule has 4 heterocycles. The van der Waals surface area contributed by atoms with Gasteiger partial charge in [0, 0.05) is 43.9 Å². The normalized spacial score (nSPS) is 22.5. The number of carbonyl (C=O) groups is 2. The van der Waals surface area contributed by atoms with E-state index in [0.717, 1.165) is 51.5 Å². The van der Waals surface area contributed by atoms with Gasteiger partial charge in [0.15, 0.2) is 0 Å². The fraction of sp³-hybridized carbons (Fsp3) is 0.552. The number of hydrogen-bond donors (Lipinski definition) is 0. The molecule has 198 valence electrons. The number of hydrogen-bond acceptors (Lipinski definition) is 6. The Morgan fingerprint density at radius 2 is 1.92 bits per heavy atom. The van der Waals surface area contributed by atoms with Crippen LogP contribution >= 0.6 is 0 Å². The molecule has 2 saturated heterocycles. The number of rotatable bonds is 2. The highest BCUT2D eigenvalue weighted by Gasteiger charge is 2.38. The lowest BCUT2D eigenvalue weighted by Gasteiger charge is -2.42. The van der Waals surface area contributed by atoms with Crippen LogP contribution in [-0.4, -0.2) is 79.2 Å². The van der Waals surface area contributed by atoms with Crippen molar-refractivity contribution in [3.8, 4) is 11.5 Å². The lowest BCUT2D eigenvalue weighted by Crippen LogP contribution is -2.46. The van der Waals surface area contributed by atoms with Crippen LogP contribution in [0.5, 0.6) is 11.5 Å².